The molecule has 3 aromatic carbocycles. The van der Waals surface area contributed by atoms with Gasteiger partial charge in [0, 0.05) is 17.4 Å². The number of hydrogen-bond donors (Lipinski definition) is 2. The molecule has 0 saturated carbocycles. The molecular weight excluding hydrogens is 404 g/mol. The first-order valence-corrected chi connectivity index (χ1v) is 10.9. The number of benzene rings is 3. The van der Waals surface area contributed by atoms with Gasteiger partial charge in [0.2, 0.25) is 11.8 Å². The zero-order valence-electron chi connectivity index (χ0n) is 17.5. The molecular formula is C26H22N2O4. The average molecular weight is 426 g/mol. The van der Waals surface area contributed by atoms with Crippen molar-refractivity contribution in [2.45, 2.75) is 24.7 Å². The Morgan fingerprint density at radius 1 is 0.906 bits per heavy atom. The van der Waals surface area contributed by atoms with E-state index < -0.39 is 22.5 Å². The van der Waals surface area contributed by atoms with Crippen LogP contribution in [0.2, 0.25) is 0 Å². The first-order valence-electron chi connectivity index (χ1n) is 10.9. The Morgan fingerprint density at radius 3 is 2.06 bits per heavy atom. The number of anilines is 1. The molecule has 1 aliphatic heterocycles. The van der Waals surface area contributed by atoms with E-state index >= 15 is 0 Å². The fourth-order valence-electron chi connectivity index (χ4n) is 6.62. The summed E-state index contributed by atoms with van der Waals surface area (Å²) >= 11 is 0. The average Bonchev–Trinajstić information content (AvgIpc) is 3.09. The van der Waals surface area contributed by atoms with E-state index in [1.165, 1.54) is 6.07 Å². The lowest BCUT2D eigenvalue weighted by molar-refractivity contribution is -0.990. The van der Waals surface area contributed by atoms with Crippen molar-refractivity contribution in [3.63, 3.8) is 0 Å². The first kappa shape index (κ1) is 19.4. The van der Waals surface area contributed by atoms with Gasteiger partial charge in [0.05, 0.1) is 11.8 Å². The Balaban J connectivity index is 1.63. The molecule has 0 spiro atoms. The van der Waals surface area contributed by atoms with Crippen molar-refractivity contribution < 1.29 is 20.0 Å². The highest BCUT2D eigenvalue weighted by atomic mass is 16.8. The zero-order valence-corrected chi connectivity index (χ0v) is 17.5. The van der Waals surface area contributed by atoms with E-state index in [0.29, 0.717) is 6.42 Å². The highest BCUT2D eigenvalue weighted by Crippen LogP contribution is 2.65. The van der Waals surface area contributed by atoms with Gasteiger partial charge in [0.1, 0.15) is 5.69 Å². The van der Waals surface area contributed by atoms with Crippen LogP contribution in [0.15, 0.2) is 72.8 Å². The van der Waals surface area contributed by atoms with Gasteiger partial charge in [-0.05, 0) is 34.7 Å². The Hall–Kier alpha value is -3.32. The maximum Gasteiger partial charge on any atom is 0.239 e. The number of amides is 2. The molecule has 6 nitrogen and oxygen atoms in total. The van der Waals surface area contributed by atoms with Crippen LogP contribution in [0.25, 0.3) is 0 Å². The highest BCUT2D eigenvalue weighted by molar-refractivity contribution is 6.24. The summed E-state index contributed by atoms with van der Waals surface area (Å²) in [5.74, 6) is -1.94. The quantitative estimate of drug-likeness (QED) is 0.498. The van der Waals surface area contributed by atoms with Crippen LogP contribution >= 0.6 is 0 Å². The molecule has 2 N–H and O–H groups in total. The first-order chi connectivity index (χ1) is 15.5. The molecule has 4 aliphatic rings. The van der Waals surface area contributed by atoms with Gasteiger partial charge in [-0.25, -0.2) is 10.1 Å². The molecule has 3 unspecified atom stereocenters. The molecule has 1 fully saturated rings. The van der Waals surface area contributed by atoms with E-state index in [9.17, 15) is 20.0 Å². The predicted molar refractivity (Wildman–Crippen MR) is 117 cm³/mol. The standard InChI is InChI=1S/C26H22N2O4/c1-2-26-17-11-5-3-9-15(17)21(16-10-4-6-12-18(16)26)22-23(26)25(30)27(24(22)29)19-13-7-8-14-20(19)28(31)32/h3-14,21-23,28,31H,2H2,1H3. The van der Waals surface area contributed by atoms with Gasteiger partial charge in [0.25, 0.3) is 0 Å². The zero-order chi connectivity index (χ0) is 22.2. The molecule has 160 valence electrons. The monoisotopic (exact) mass is 426 g/mol. The highest BCUT2D eigenvalue weighted by Gasteiger charge is 2.67. The van der Waals surface area contributed by atoms with Gasteiger partial charge in [-0.1, -0.05) is 67.6 Å². The lowest BCUT2D eigenvalue weighted by Gasteiger charge is -2.54. The van der Waals surface area contributed by atoms with Crippen LogP contribution in [0.1, 0.15) is 41.5 Å². The number of rotatable bonds is 3. The van der Waals surface area contributed by atoms with Crippen LogP contribution in [0.5, 0.6) is 0 Å². The van der Waals surface area contributed by atoms with E-state index in [4.69, 9.17) is 0 Å². The maximum absolute atomic E-state index is 14.0. The summed E-state index contributed by atoms with van der Waals surface area (Å²) in [5, 5.41) is 20.4. The van der Waals surface area contributed by atoms with Crippen molar-refractivity contribution in [1.29, 1.82) is 0 Å². The second-order valence-corrected chi connectivity index (χ2v) is 8.81. The second-order valence-electron chi connectivity index (χ2n) is 8.81. The molecule has 3 atom stereocenters. The van der Waals surface area contributed by atoms with Gasteiger partial charge in [-0.15, -0.1) is 0 Å². The molecule has 1 heterocycles. The minimum atomic E-state index is -1.16. The van der Waals surface area contributed by atoms with Crippen molar-refractivity contribution in [3.8, 4) is 0 Å². The summed E-state index contributed by atoms with van der Waals surface area (Å²) in [6, 6.07) is 22.5. The smallest absolute Gasteiger partial charge is 0.239 e. The van der Waals surface area contributed by atoms with Gasteiger partial charge in [-0.2, -0.15) is 5.23 Å². The van der Waals surface area contributed by atoms with Gasteiger partial charge in [-0.3, -0.25) is 9.59 Å². The molecule has 0 radical (unpaired) electrons. The number of quaternary nitrogens is 1. The Morgan fingerprint density at radius 2 is 1.47 bits per heavy atom. The van der Waals surface area contributed by atoms with E-state index in [1.807, 2.05) is 24.3 Å². The maximum atomic E-state index is 14.0. The van der Waals surface area contributed by atoms with Crippen molar-refractivity contribution in [1.82, 2.24) is 0 Å². The lowest BCUT2D eigenvalue weighted by atomic mass is 9.46. The van der Waals surface area contributed by atoms with Crippen LogP contribution in [-0.2, 0) is 15.0 Å². The molecule has 1 saturated heterocycles. The third-order valence-electron chi connectivity index (χ3n) is 7.73. The van der Waals surface area contributed by atoms with Gasteiger partial charge in [0.15, 0.2) is 5.69 Å². The number of carbonyl (C=O) groups excluding carboxylic acids is 2. The van der Waals surface area contributed by atoms with Crippen LogP contribution in [0.4, 0.5) is 11.4 Å². The Bertz CT molecular complexity index is 1240. The predicted octanol–water partition coefficient (Wildman–Crippen LogP) is 3.05. The Labute approximate surface area is 185 Å². The van der Waals surface area contributed by atoms with Crippen LogP contribution in [0, 0.1) is 17.0 Å². The normalized spacial score (nSPS) is 28.3. The Kier molecular flexibility index (Phi) is 3.99. The summed E-state index contributed by atoms with van der Waals surface area (Å²) in [7, 11) is 0. The van der Waals surface area contributed by atoms with Crippen LogP contribution in [0.3, 0.4) is 0 Å². The van der Waals surface area contributed by atoms with Crippen LogP contribution in [-0.4, -0.2) is 17.0 Å². The fourth-order valence-corrected chi connectivity index (χ4v) is 6.62. The summed E-state index contributed by atoms with van der Waals surface area (Å²) in [6.45, 7) is 2.07. The number of para-hydroxylation sites is 2. The van der Waals surface area contributed by atoms with Gasteiger partial charge < -0.3 is 5.21 Å². The largest absolute Gasteiger partial charge is 0.595 e. The minimum Gasteiger partial charge on any atom is -0.595 e. The third kappa shape index (κ3) is 2.14. The number of imide groups is 1. The van der Waals surface area contributed by atoms with E-state index in [0.717, 1.165) is 27.2 Å². The summed E-state index contributed by atoms with van der Waals surface area (Å²) < 4.78 is 0. The fraction of sp³-hybridized carbons (Fsp3) is 0.231. The number of hydrogen-bond acceptors (Lipinski definition) is 4. The summed E-state index contributed by atoms with van der Waals surface area (Å²) in [4.78, 5) is 29.1. The van der Waals surface area contributed by atoms with E-state index in [2.05, 4.69) is 31.2 Å². The number of carbonyl (C=O) groups is 2. The molecule has 3 aromatic rings. The van der Waals surface area contributed by atoms with Crippen molar-refractivity contribution in [2.24, 2.45) is 11.8 Å². The van der Waals surface area contributed by atoms with Crippen molar-refractivity contribution >= 4 is 23.2 Å². The molecule has 6 heteroatoms. The topological polar surface area (TPSA) is 85.1 Å². The van der Waals surface area contributed by atoms with Crippen molar-refractivity contribution in [2.75, 3.05) is 4.90 Å². The van der Waals surface area contributed by atoms with Gasteiger partial charge >= 0.3 is 0 Å². The molecule has 2 amide bonds. The number of nitrogens with zero attached hydrogens (tertiary/aromatic N) is 1. The molecule has 7 rings (SSSR count). The summed E-state index contributed by atoms with van der Waals surface area (Å²) in [5.41, 5.74) is 3.92. The minimum absolute atomic E-state index is 0.0410. The van der Waals surface area contributed by atoms with Crippen molar-refractivity contribution in [3.05, 3.63) is 100 Å². The molecule has 2 bridgehead atoms. The lowest BCUT2D eigenvalue weighted by Crippen LogP contribution is -2.99. The summed E-state index contributed by atoms with van der Waals surface area (Å²) in [6.07, 6.45) is 0.669. The van der Waals surface area contributed by atoms with Crippen LogP contribution < -0.4 is 10.1 Å². The third-order valence-corrected chi connectivity index (χ3v) is 7.73. The second kappa shape index (κ2) is 6.59. The van der Waals surface area contributed by atoms with E-state index in [-0.39, 0.29) is 29.1 Å². The SMILES string of the molecule is CCC12c3ccccc3C(c3ccccc31)C1C(=O)N(c3ccccc3[NH+]([O-])O)C(=O)C12. The molecule has 0 aromatic heterocycles. The van der Waals surface area contributed by atoms with E-state index in [1.54, 1.807) is 18.2 Å². The molecule has 32 heavy (non-hydrogen) atoms. The number of nitrogens with one attached hydrogen (secondary N) is 1. The molecule has 3 aliphatic carbocycles.